The van der Waals surface area contributed by atoms with Gasteiger partial charge in [0.15, 0.2) is 0 Å². The number of urea groups is 1. The Bertz CT molecular complexity index is 1380. The van der Waals surface area contributed by atoms with Crippen molar-refractivity contribution in [3.05, 3.63) is 88.7 Å². The Morgan fingerprint density at radius 1 is 1.09 bits per heavy atom. The van der Waals surface area contributed by atoms with Crippen LogP contribution in [0.3, 0.4) is 0 Å². The molecule has 1 atom stereocenters. The van der Waals surface area contributed by atoms with Crippen LogP contribution in [0, 0.1) is 12.7 Å². The van der Waals surface area contributed by atoms with Crippen molar-refractivity contribution < 1.29 is 14.0 Å². The van der Waals surface area contributed by atoms with E-state index in [1.165, 1.54) is 12.1 Å². The number of hydrogen-bond acceptors (Lipinski definition) is 3. The number of fused-ring (bicyclic) bond motifs is 1. The fourth-order valence-corrected chi connectivity index (χ4v) is 5.48. The summed E-state index contributed by atoms with van der Waals surface area (Å²) in [5, 5.41) is 6.02. The monoisotopic (exact) mass is 490 g/mol. The summed E-state index contributed by atoms with van der Waals surface area (Å²) < 4.78 is 15.4. The predicted molar refractivity (Wildman–Crippen MR) is 138 cm³/mol. The van der Waals surface area contributed by atoms with Gasteiger partial charge in [0.1, 0.15) is 16.3 Å². The Kier molecular flexibility index (Phi) is 6.30. The molecule has 0 spiro atoms. The number of para-hydroxylation sites is 1. The summed E-state index contributed by atoms with van der Waals surface area (Å²) in [6.45, 7) is 5.78. The van der Waals surface area contributed by atoms with Crippen molar-refractivity contribution in [1.29, 1.82) is 0 Å². The molecule has 0 aliphatic carbocycles. The van der Waals surface area contributed by atoms with Gasteiger partial charge in [-0.2, -0.15) is 0 Å². The number of rotatable bonds is 4. The summed E-state index contributed by atoms with van der Waals surface area (Å²) in [4.78, 5) is 31.2. The number of aryl methyl sites for hydroxylation is 1. The first-order valence-electron chi connectivity index (χ1n) is 11.6. The molecule has 180 valence electrons. The van der Waals surface area contributed by atoms with Crippen molar-refractivity contribution in [3.63, 3.8) is 0 Å². The summed E-state index contributed by atoms with van der Waals surface area (Å²) in [5.74, 6) is -0.335. The van der Waals surface area contributed by atoms with Gasteiger partial charge in [-0.1, -0.05) is 30.3 Å². The van der Waals surface area contributed by atoms with Gasteiger partial charge in [0.2, 0.25) is 0 Å². The molecule has 1 aliphatic heterocycles. The Hall–Kier alpha value is -3.65. The number of carbonyl (C=O) groups excluding carboxylic acids is 2. The van der Waals surface area contributed by atoms with E-state index < -0.39 is 0 Å². The molecule has 0 radical (unpaired) electrons. The van der Waals surface area contributed by atoms with E-state index in [0.29, 0.717) is 31.9 Å². The lowest BCUT2D eigenvalue weighted by molar-refractivity contribution is 0.0583. The zero-order chi connectivity index (χ0) is 24.5. The van der Waals surface area contributed by atoms with Crippen LogP contribution in [-0.2, 0) is 6.54 Å². The third-order valence-electron chi connectivity index (χ3n) is 6.54. The molecule has 2 aromatic carbocycles. The number of benzene rings is 2. The maximum absolute atomic E-state index is 13.6. The lowest BCUT2D eigenvalue weighted by Crippen LogP contribution is -2.56. The minimum absolute atomic E-state index is 0.0543. The standard InChI is InChI=1S/C27H27FN4O2S/c1-18-5-3-4-6-23(18)29-27(34)31-13-12-30(16-19(31)2)25(33)24-15-21-11-14-35-26(21)32(24)17-20-7-9-22(28)10-8-20/h3-11,14-15,19H,12-13,16-17H2,1-2H3,(H,29,34). The fraction of sp³-hybridized carbons (Fsp3) is 0.259. The molecule has 35 heavy (non-hydrogen) atoms. The van der Waals surface area contributed by atoms with E-state index in [0.717, 1.165) is 27.0 Å². The smallest absolute Gasteiger partial charge is 0.322 e. The second-order valence-electron chi connectivity index (χ2n) is 8.96. The third kappa shape index (κ3) is 4.66. The molecule has 5 rings (SSSR count). The van der Waals surface area contributed by atoms with Crippen LogP contribution in [0.4, 0.5) is 14.9 Å². The Labute approximate surface area is 207 Å². The maximum Gasteiger partial charge on any atom is 0.322 e. The Morgan fingerprint density at radius 3 is 2.60 bits per heavy atom. The Balaban J connectivity index is 1.32. The highest BCUT2D eigenvalue weighted by Gasteiger charge is 2.32. The zero-order valence-electron chi connectivity index (χ0n) is 19.7. The van der Waals surface area contributed by atoms with Crippen LogP contribution in [-0.4, -0.2) is 52.0 Å². The number of nitrogens with one attached hydrogen (secondary N) is 1. The number of nitrogens with zero attached hydrogens (tertiary/aromatic N) is 3. The van der Waals surface area contributed by atoms with Crippen LogP contribution < -0.4 is 5.32 Å². The number of hydrogen-bond donors (Lipinski definition) is 1. The molecule has 1 fully saturated rings. The second-order valence-corrected chi connectivity index (χ2v) is 9.86. The molecular formula is C27H27FN4O2S. The average Bonchev–Trinajstić information content (AvgIpc) is 3.44. The van der Waals surface area contributed by atoms with Crippen LogP contribution in [0.1, 0.15) is 28.5 Å². The van der Waals surface area contributed by atoms with Crippen LogP contribution in [0.25, 0.3) is 10.2 Å². The minimum Gasteiger partial charge on any atom is -0.334 e. The number of halogens is 1. The molecule has 3 heterocycles. The van der Waals surface area contributed by atoms with Gasteiger partial charge in [-0.15, -0.1) is 11.3 Å². The molecule has 1 saturated heterocycles. The lowest BCUT2D eigenvalue weighted by Gasteiger charge is -2.39. The van der Waals surface area contributed by atoms with E-state index in [1.54, 1.807) is 28.4 Å². The summed E-state index contributed by atoms with van der Waals surface area (Å²) in [6.07, 6.45) is 0. The van der Waals surface area contributed by atoms with Gasteiger partial charge in [0.25, 0.3) is 5.91 Å². The molecule has 0 bridgehead atoms. The van der Waals surface area contributed by atoms with Crippen LogP contribution in [0.5, 0.6) is 0 Å². The highest BCUT2D eigenvalue weighted by Crippen LogP contribution is 2.28. The number of carbonyl (C=O) groups is 2. The van der Waals surface area contributed by atoms with E-state index in [4.69, 9.17) is 0 Å². The number of anilines is 1. The topological polar surface area (TPSA) is 57.6 Å². The Morgan fingerprint density at radius 2 is 1.86 bits per heavy atom. The average molecular weight is 491 g/mol. The van der Waals surface area contributed by atoms with Crippen molar-refractivity contribution in [1.82, 2.24) is 14.4 Å². The van der Waals surface area contributed by atoms with Gasteiger partial charge in [-0.05, 0) is 60.7 Å². The van der Waals surface area contributed by atoms with Crippen LogP contribution in [0.2, 0.25) is 0 Å². The van der Waals surface area contributed by atoms with Crippen molar-refractivity contribution in [2.75, 3.05) is 25.0 Å². The lowest BCUT2D eigenvalue weighted by atomic mass is 10.1. The van der Waals surface area contributed by atoms with Gasteiger partial charge < -0.3 is 19.7 Å². The van der Waals surface area contributed by atoms with Gasteiger partial charge in [0.05, 0.1) is 0 Å². The largest absolute Gasteiger partial charge is 0.334 e. The quantitative estimate of drug-likeness (QED) is 0.406. The number of aromatic nitrogens is 1. The highest BCUT2D eigenvalue weighted by atomic mass is 32.1. The van der Waals surface area contributed by atoms with Crippen LogP contribution >= 0.6 is 11.3 Å². The third-order valence-corrected chi connectivity index (χ3v) is 7.49. The number of thiophene rings is 1. The first kappa shape index (κ1) is 23.1. The van der Waals surface area contributed by atoms with Crippen molar-refractivity contribution in [2.24, 2.45) is 0 Å². The van der Waals surface area contributed by atoms with Crippen LogP contribution in [0.15, 0.2) is 66.0 Å². The van der Waals surface area contributed by atoms with Crippen molar-refractivity contribution >= 4 is 39.2 Å². The van der Waals surface area contributed by atoms with Gasteiger partial charge in [0, 0.05) is 43.3 Å². The first-order valence-corrected chi connectivity index (χ1v) is 12.5. The summed E-state index contributed by atoms with van der Waals surface area (Å²) >= 11 is 1.59. The second kappa shape index (κ2) is 9.54. The highest BCUT2D eigenvalue weighted by molar-refractivity contribution is 7.16. The molecule has 1 unspecified atom stereocenters. The first-order chi connectivity index (χ1) is 16.9. The predicted octanol–water partition coefficient (Wildman–Crippen LogP) is 5.58. The molecule has 8 heteroatoms. The van der Waals surface area contributed by atoms with Gasteiger partial charge in [-0.25, -0.2) is 9.18 Å². The SMILES string of the molecule is Cc1ccccc1NC(=O)N1CCN(C(=O)c2cc3ccsc3n2Cc2ccc(F)cc2)CC1C. The number of piperazine rings is 1. The molecule has 2 aromatic heterocycles. The molecule has 1 aliphatic rings. The minimum atomic E-state index is -0.280. The van der Waals surface area contributed by atoms with Crippen molar-refractivity contribution in [2.45, 2.75) is 26.4 Å². The maximum atomic E-state index is 13.6. The molecular weight excluding hydrogens is 463 g/mol. The summed E-state index contributed by atoms with van der Waals surface area (Å²) in [7, 11) is 0. The summed E-state index contributed by atoms with van der Waals surface area (Å²) in [6, 6.07) is 17.7. The molecule has 4 aromatic rings. The molecule has 6 nitrogen and oxygen atoms in total. The molecule has 0 saturated carbocycles. The normalized spacial score (nSPS) is 16.0. The molecule has 3 amide bonds. The number of amides is 3. The zero-order valence-corrected chi connectivity index (χ0v) is 20.5. The van der Waals surface area contributed by atoms with E-state index in [1.807, 2.05) is 65.1 Å². The molecule has 1 N–H and O–H groups in total. The van der Waals surface area contributed by atoms with E-state index in [9.17, 15) is 14.0 Å². The fourth-order valence-electron chi connectivity index (χ4n) is 4.59. The van der Waals surface area contributed by atoms with Crippen molar-refractivity contribution in [3.8, 4) is 0 Å². The van der Waals surface area contributed by atoms with Gasteiger partial charge in [-0.3, -0.25) is 4.79 Å². The van der Waals surface area contributed by atoms with Gasteiger partial charge >= 0.3 is 6.03 Å². The van der Waals surface area contributed by atoms with E-state index in [-0.39, 0.29) is 23.8 Å². The summed E-state index contributed by atoms with van der Waals surface area (Å²) in [5.41, 5.74) is 3.34. The van der Waals surface area contributed by atoms with E-state index >= 15 is 0 Å². The van der Waals surface area contributed by atoms with E-state index in [2.05, 4.69) is 5.32 Å².